The second-order valence-electron chi connectivity index (χ2n) is 16.0. The highest BCUT2D eigenvalue weighted by Gasteiger charge is 2.59. The Labute approximate surface area is 312 Å². The molecule has 4 aromatic rings. The maximum atomic E-state index is 14.6. The lowest BCUT2D eigenvalue weighted by Crippen LogP contribution is -2.59. The van der Waals surface area contributed by atoms with Crippen molar-refractivity contribution in [2.75, 3.05) is 43.7 Å². The summed E-state index contributed by atoms with van der Waals surface area (Å²) in [6.45, 7) is 9.08. The molecule has 0 spiro atoms. The molecule has 1 N–H and O–H groups in total. The summed E-state index contributed by atoms with van der Waals surface area (Å²) in [5, 5.41) is 33.4. The minimum atomic E-state index is -1.08. The lowest BCUT2D eigenvalue weighted by atomic mass is 9.50. The molecule has 1 amide bonds. The number of piperidine rings is 1. The molecule has 8 rings (SSSR count). The van der Waals surface area contributed by atoms with Gasteiger partial charge in [0.15, 0.2) is 0 Å². The van der Waals surface area contributed by atoms with Gasteiger partial charge < -0.3 is 19.7 Å². The number of amides is 1. The fourth-order valence-corrected chi connectivity index (χ4v) is 7.68. The van der Waals surface area contributed by atoms with Crippen LogP contribution in [0.5, 0.6) is 0 Å². The quantitative estimate of drug-likeness (QED) is 0.115. The van der Waals surface area contributed by atoms with Crippen molar-refractivity contribution in [3.05, 3.63) is 70.7 Å². The molecule has 3 saturated carbocycles. The van der Waals surface area contributed by atoms with E-state index in [9.17, 15) is 24.5 Å². The van der Waals surface area contributed by atoms with E-state index in [1.807, 2.05) is 32.5 Å². The van der Waals surface area contributed by atoms with Crippen LogP contribution in [0.3, 0.4) is 0 Å². The van der Waals surface area contributed by atoms with E-state index < -0.39 is 30.8 Å². The third kappa shape index (κ3) is 7.03. The van der Waals surface area contributed by atoms with E-state index in [2.05, 4.69) is 42.6 Å². The first-order chi connectivity index (χ1) is 25.8. The molecular weight excluding hydrogens is 691 g/mol. The van der Waals surface area contributed by atoms with Gasteiger partial charge in [-0.2, -0.15) is 14.9 Å². The van der Waals surface area contributed by atoms with Crippen molar-refractivity contribution in [3.8, 4) is 12.1 Å². The Hall–Kier alpha value is -5.67. The minimum Gasteiger partial charge on any atom is -0.428 e. The number of halogens is 1. The van der Waals surface area contributed by atoms with Gasteiger partial charge >= 0.3 is 12.1 Å². The van der Waals surface area contributed by atoms with Crippen molar-refractivity contribution in [1.82, 2.24) is 29.9 Å². The summed E-state index contributed by atoms with van der Waals surface area (Å²) in [6, 6.07) is 9.20. The molecule has 4 heterocycles. The summed E-state index contributed by atoms with van der Waals surface area (Å²) in [5.41, 5.74) is 2.09. The third-order valence-corrected chi connectivity index (χ3v) is 10.8. The lowest BCUT2D eigenvalue weighted by molar-refractivity contribution is -0.158. The highest BCUT2D eigenvalue weighted by atomic mass is 19.1. The molecule has 1 aliphatic heterocycles. The average molecular weight is 735 g/mol. The molecule has 3 aliphatic carbocycles. The van der Waals surface area contributed by atoms with Crippen molar-refractivity contribution in [1.29, 1.82) is 10.5 Å². The van der Waals surface area contributed by atoms with Crippen LogP contribution >= 0.6 is 0 Å². The fraction of sp³-hybridized carbons (Fsp3) is 0.487. The Kier molecular flexibility index (Phi) is 9.70. The number of likely N-dealkylation sites (tertiary alicyclic amines) is 1. The maximum Gasteiger partial charge on any atom is 0.418 e. The summed E-state index contributed by atoms with van der Waals surface area (Å²) >= 11 is 0. The average Bonchev–Trinajstić information content (AvgIpc) is 3.56. The number of carbonyl (C=O) groups excluding carboxylic acids is 2. The number of ether oxygens (including phenoxy) is 2. The van der Waals surface area contributed by atoms with Crippen molar-refractivity contribution < 1.29 is 23.5 Å². The molecule has 3 aromatic heterocycles. The van der Waals surface area contributed by atoms with Crippen LogP contribution in [0.1, 0.15) is 87.0 Å². The highest BCUT2D eigenvalue weighted by molar-refractivity contribution is 6.01. The van der Waals surface area contributed by atoms with E-state index >= 15 is 0 Å². The Bertz CT molecular complexity index is 2180. The van der Waals surface area contributed by atoms with Crippen molar-refractivity contribution >= 4 is 34.3 Å². The van der Waals surface area contributed by atoms with Gasteiger partial charge in [0.05, 0.1) is 45.7 Å². The number of hydrogen-bond donors (Lipinski definition) is 1. The van der Waals surface area contributed by atoms with Gasteiger partial charge in [-0.1, -0.05) is 32.1 Å². The topological polar surface area (TPSA) is 175 Å². The Morgan fingerprint density at radius 3 is 2.46 bits per heavy atom. The zero-order valence-electron chi connectivity index (χ0n) is 31.1. The van der Waals surface area contributed by atoms with Gasteiger partial charge in [0.1, 0.15) is 23.9 Å². The summed E-state index contributed by atoms with van der Waals surface area (Å²) in [6.07, 6.45) is 6.49. The molecule has 4 fully saturated rings. The van der Waals surface area contributed by atoms with Crippen LogP contribution in [0.4, 0.5) is 20.6 Å². The van der Waals surface area contributed by atoms with Crippen LogP contribution in [0, 0.1) is 52.8 Å². The van der Waals surface area contributed by atoms with E-state index in [-0.39, 0.29) is 39.4 Å². The molecule has 2 bridgehead atoms. The van der Waals surface area contributed by atoms with Gasteiger partial charge in [-0.3, -0.25) is 14.7 Å². The number of fused-ring (bicyclic) bond motifs is 1. The van der Waals surface area contributed by atoms with E-state index in [1.165, 1.54) is 29.3 Å². The first-order valence-electron chi connectivity index (χ1n) is 18.2. The standard InChI is InChI=1S/C39H43FN10O4/c1-23-29(6-7-32(40)45-23)35(31-20-49(47-46-31)39-14-24(15-39)16-39)50(37(52)54-22-53-36(51)25-8-10-48(5)11-9-25)28-12-26(17-41)33-30(13-28)34(27(18-42)19-43-33)44-21-38(2,3)4/h6-7,12-13,19-20,24-25,35H,8-11,14-16,21-22H2,1-5H3,(H,43,44). The molecule has 14 nitrogen and oxygen atoms in total. The Morgan fingerprint density at radius 2 is 1.83 bits per heavy atom. The number of benzene rings is 1. The van der Waals surface area contributed by atoms with Crippen molar-refractivity contribution in [2.45, 2.75) is 71.4 Å². The second-order valence-corrected chi connectivity index (χ2v) is 16.0. The van der Waals surface area contributed by atoms with Gasteiger partial charge in [-0.05, 0) is 88.7 Å². The fourth-order valence-electron chi connectivity index (χ4n) is 7.68. The molecule has 54 heavy (non-hydrogen) atoms. The first-order valence-corrected chi connectivity index (χ1v) is 18.2. The van der Waals surface area contributed by atoms with Gasteiger partial charge in [-0.25, -0.2) is 14.5 Å². The number of aromatic nitrogens is 5. The molecule has 1 aromatic carbocycles. The zero-order valence-corrected chi connectivity index (χ0v) is 31.1. The summed E-state index contributed by atoms with van der Waals surface area (Å²) < 4.78 is 27.5. The van der Waals surface area contributed by atoms with Crippen molar-refractivity contribution in [2.24, 2.45) is 17.3 Å². The predicted octanol–water partition coefficient (Wildman–Crippen LogP) is 5.95. The molecule has 0 radical (unpaired) electrons. The first kappa shape index (κ1) is 36.7. The van der Waals surface area contributed by atoms with Crippen LogP contribution in [0.25, 0.3) is 10.9 Å². The number of aryl methyl sites for hydroxylation is 1. The molecule has 4 aliphatic rings. The normalized spacial score (nSPS) is 20.2. The van der Waals surface area contributed by atoms with Gasteiger partial charge in [0.25, 0.3) is 0 Å². The summed E-state index contributed by atoms with van der Waals surface area (Å²) in [7, 11) is 1.99. The van der Waals surface area contributed by atoms with E-state index in [4.69, 9.17) is 9.47 Å². The zero-order chi connectivity index (χ0) is 38.4. The SMILES string of the molecule is Cc1nc(F)ccc1C(c1cn(C23CC(C2)C3)nn1)N(C(=O)OCOC(=O)C1CCN(C)CC1)c1cc(C#N)c2ncc(C#N)c(NCC(C)(C)C)c2c1. The molecule has 15 heteroatoms. The van der Waals surface area contributed by atoms with Gasteiger partial charge in [-0.15, -0.1) is 5.10 Å². The van der Waals surface area contributed by atoms with Crippen LogP contribution in [-0.4, -0.2) is 75.4 Å². The number of pyridine rings is 2. The predicted molar refractivity (Wildman–Crippen MR) is 195 cm³/mol. The van der Waals surface area contributed by atoms with Crippen LogP contribution in [0.15, 0.2) is 36.7 Å². The van der Waals surface area contributed by atoms with Gasteiger partial charge in [0.2, 0.25) is 12.7 Å². The number of nitrogens with one attached hydrogen (secondary N) is 1. The maximum absolute atomic E-state index is 14.6. The number of hydrogen-bond acceptors (Lipinski definition) is 12. The molecular formula is C39H43FN10O4. The Morgan fingerprint density at radius 1 is 1.11 bits per heavy atom. The Balaban J connectivity index is 1.35. The van der Waals surface area contributed by atoms with Gasteiger partial charge in [0, 0.05) is 29.4 Å². The van der Waals surface area contributed by atoms with Crippen LogP contribution in [-0.2, 0) is 19.8 Å². The van der Waals surface area contributed by atoms with Crippen molar-refractivity contribution in [3.63, 3.8) is 0 Å². The number of carbonyl (C=O) groups is 2. The lowest BCUT2D eigenvalue weighted by Gasteiger charge is -2.61. The second kappa shape index (κ2) is 14.3. The number of anilines is 2. The number of nitrogens with zero attached hydrogens (tertiary/aromatic N) is 9. The van der Waals surface area contributed by atoms with E-state index in [0.29, 0.717) is 53.2 Å². The minimum absolute atomic E-state index is 0.127. The molecule has 1 atom stereocenters. The molecule has 1 unspecified atom stereocenters. The summed E-state index contributed by atoms with van der Waals surface area (Å²) in [4.78, 5) is 39.5. The van der Waals surface area contributed by atoms with E-state index in [1.54, 1.807) is 19.2 Å². The largest absolute Gasteiger partial charge is 0.428 e. The smallest absolute Gasteiger partial charge is 0.418 e. The molecule has 1 saturated heterocycles. The number of nitriles is 2. The summed E-state index contributed by atoms with van der Waals surface area (Å²) in [5.74, 6) is -0.815. The highest BCUT2D eigenvalue weighted by Crippen LogP contribution is 2.62. The third-order valence-electron chi connectivity index (χ3n) is 10.8. The van der Waals surface area contributed by atoms with Crippen LogP contribution in [0.2, 0.25) is 0 Å². The van der Waals surface area contributed by atoms with E-state index in [0.717, 1.165) is 32.4 Å². The number of rotatable bonds is 10. The monoisotopic (exact) mass is 734 g/mol. The molecule has 280 valence electrons. The number of esters is 1. The van der Waals surface area contributed by atoms with Crippen LogP contribution < -0.4 is 10.2 Å².